The van der Waals surface area contributed by atoms with E-state index >= 15 is 0 Å². The maximum absolute atomic E-state index is 9.00. The van der Waals surface area contributed by atoms with E-state index in [1.165, 1.54) is 19.3 Å². The Morgan fingerprint density at radius 2 is 2.30 bits per heavy atom. The minimum atomic E-state index is 0.143. The third-order valence-corrected chi connectivity index (χ3v) is 3.99. The van der Waals surface area contributed by atoms with E-state index in [9.17, 15) is 0 Å². The second-order valence-corrected chi connectivity index (χ2v) is 5.62. The summed E-state index contributed by atoms with van der Waals surface area (Å²) in [6, 6.07) is 2.04. The van der Waals surface area contributed by atoms with Crippen LogP contribution >= 0.6 is 0 Å². The van der Waals surface area contributed by atoms with Gasteiger partial charge < -0.3 is 15.8 Å². The number of hydrogen-bond donors (Lipinski definition) is 2. The molecule has 1 aliphatic heterocycles. The Morgan fingerprint density at radius 1 is 1.55 bits per heavy atom. The lowest BCUT2D eigenvalue weighted by Gasteiger charge is -2.23. The lowest BCUT2D eigenvalue weighted by molar-refractivity contribution is 0.318. The number of pyridine rings is 1. The molecule has 1 atom stereocenters. The molecule has 1 aromatic rings. The third-order valence-electron chi connectivity index (χ3n) is 3.99. The van der Waals surface area contributed by atoms with Crippen molar-refractivity contribution in [1.82, 2.24) is 4.98 Å². The fraction of sp³-hybridized carbons (Fsp3) is 0.600. The van der Waals surface area contributed by atoms with Crippen LogP contribution in [0.2, 0.25) is 0 Å². The topological polar surface area (TPSA) is 74.7 Å². The zero-order valence-corrected chi connectivity index (χ0v) is 12.6. The summed E-state index contributed by atoms with van der Waals surface area (Å²) in [4.78, 5) is 6.77. The highest BCUT2D eigenvalue weighted by Crippen LogP contribution is 2.30. The van der Waals surface area contributed by atoms with Gasteiger partial charge >= 0.3 is 0 Å². The van der Waals surface area contributed by atoms with Crippen LogP contribution in [0.5, 0.6) is 0 Å². The molecule has 0 saturated carbocycles. The van der Waals surface area contributed by atoms with Crippen LogP contribution in [0.4, 0.5) is 5.69 Å². The summed E-state index contributed by atoms with van der Waals surface area (Å²) in [6.45, 7) is 8.18. The first kappa shape index (κ1) is 14.6. The van der Waals surface area contributed by atoms with Crippen LogP contribution in [0.15, 0.2) is 11.2 Å². The van der Waals surface area contributed by atoms with Crippen LogP contribution in [-0.2, 0) is 0 Å². The molecule has 0 spiro atoms. The van der Waals surface area contributed by atoms with E-state index in [1.807, 2.05) is 19.9 Å². The number of oxime groups is 1. The number of aryl methyl sites for hydroxylation is 2. The predicted octanol–water partition coefficient (Wildman–Crippen LogP) is 2.42. The number of nitrogens with zero attached hydrogens (tertiary/aromatic N) is 3. The van der Waals surface area contributed by atoms with Crippen molar-refractivity contribution in [3.8, 4) is 0 Å². The number of aromatic nitrogens is 1. The number of rotatable bonds is 4. The van der Waals surface area contributed by atoms with E-state index in [0.29, 0.717) is 0 Å². The molecule has 1 fully saturated rings. The van der Waals surface area contributed by atoms with Crippen LogP contribution in [-0.4, -0.2) is 29.1 Å². The second kappa shape index (κ2) is 6.11. The van der Waals surface area contributed by atoms with Gasteiger partial charge in [-0.3, -0.25) is 4.98 Å². The highest BCUT2D eigenvalue weighted by Gasteiger charge is 2.25. The van der Waals surface area contributed by atoms with Crippen LogP contribution in [0.25, 0.3) is 0 Å². The summed E-state index contributed by atoms with van der Waals surface area (Å²) in [5.74, 6) is 0.887. The molecule has 1 saturated heterocycles. The molecule has 0 aliphatic carbocycles. The molecule has 110 valence electrons. The van der Waals surface area contributed by atoms with Crippen molar-refractivity contribution in [3.63, 3.8) is 0 Å². The fourth-order valence-corrected chi connectivity index (χ4v) is 3.12. The Morgan fingerprint density at radius 3 is 2.95 bits per heavy atom. The normalized spacial score (nSPS) is 19.6. The van der Waals surface area contributed by atoms with Gasteiger partial charge in [0.2, 0.25) is 0 Å². The molecule has 0 radical (unpaired) electrons. The highest BCUT2D eigenvalue weighted by molar-refractivity contribution is 6.03. The first-order valence-corrected chi connectivity index (χ1v) is 7.27. The average Bonchev–Trinajstić information content (AvgIpc) is 2.86. The maximum Gasteiger partial charge on any atom is 0.174 e. The lowest BCUT2D eigenvalue weighted by Crippen LogP contribution is -2.26. The Kier molecular flexibility index (Phi) is 4.47. The minimum absolute atomic E-state index is 0.143. The molecule has 2 heterocycles. The standard InChI is InChI=1S/C15H24N4O/c1-4-5-12-6-7-19(9-12)13-8-10(2)17-11(3)14(13)15(16)18-20/h8,12,20H,4-7,9H2,1-3H3,(H2,16,18). The molecule has 5 heteroatoms. The molecule has 0 aromatic carbocycles. The van der Waals surface area contributed by atoms with Gasteiger partial charge in [-0.15, -0.1) is 0 Å². The number of nitrogens with two attached hydrogens (primary N) is 1. The smallest absolute Gasteiger partial charge is 0.174 e. The zero-order valence-electron chi connectivity index (χ0n) is 12.6. The number of anilines is 1. The summed E-state index contributed by atoms with van der Waals surface area (Å²) >= 11 is 0. The van der Waals surface area contributed by atoms with E-state index in [0.717, 1.165) is 41.6 Å². The average molecular weight is 276 g/mol. The third kappa shape index (κ3) is 2.86. The van der Waals surface area contributed by atoms with Crippen molar-refractivity contribution in [2.45, 2.75) is 40.0 Å². The fourth-order valence-electron chi connectivity index (χ4n) is 3.12. The molecular formula is C15H24N4O. The van der Waals surface area contributed by atoms with E-state index in [2.05, 4.69) is 22.0 Å². The van der Waals surface area contributed by atoms with Gasteiger partial charge in [-0.1, -0.05) is 18.5 Å². The summed E-state index contributed by atoms with van der Waals surface area (Å²) in [6.07, 6.45) is 3.70. The predicted molar refractivity (Wildman–Crippen MR) is 81.4 cm³/mol. The van der Waals surface area contributed by atoms with Crippen molar-refractivity contribution < 1.29 is 5.21 Å². The highest BCUT2D eigenvalue weighted by atomic mass is 16.4. The van der Waals surface area contributed by atoms with Gasteiger partial charge in [-0.25, -0.2) is 0 Å². The van der Waals surface area contributed by atoms with E-state index in [1.54, 1.807) is 0 Å². The molecular weight excluding hydrogens is 252 g/mol. The van der Waals surface area contributed by atoms with Crippen molar-refractivity contribution >= 4 is 11.5 Å². The minimum Gasteiger partial charge on any atom is -0.409 e. The molecule has 5 nitrogen and oxygen atoms in total. The largest absolute Gasteiger partial charge is 0.409 e. The lowest BCUT2D eigenvalue weighted by atomic mass is 10.0. The Hall–Kier alpha value is -1.78. The summed E-state index contributed by atoms with van der Waals surface area (Å²) < 4.78 is 0. The van der Waals surface area contributed by atoms with Crippen molar-refractivity contribution in [2.75, 3.05) is 18.0 Å². The van der Waals surface area contributed by atoms with Gasteiger partial charge in [0.15, 0.2) is 5.84 Å². The van der Waals surface area contributed by atoms with Gasteiger partial charge in [0.05, 0.1) is 16.9 Å². The quantitative estimate of drug-likeness (QED) is 0.383. The molecule has 3 N–H and O–H groups in total. The summed E-state index contributed by atoms with van der Waals surface area (Å²) in [5.41, 5.74) is 9.42. The summed E-state index contributed by atoms with van der Waals surface area (Å²) in [5, 5.41) is 12.2. The van der Waals surface area contributed by atoms with Gasteiger partial charge in [-0.2, -0.15) is 0 Å². The molecule has 2 rings (SSSR count). The molecule has 1 aromatic heterocycles. The van der Waals surface area contributed by atoms with Crippen molar-refractivity contribution in [2.24, 2.45) is 16.8 Å². The first-order chi connectivity index (χ1) is 9.56. The van der Waals surface area contributed by atoms with Gasteiger partial charge in [0, 0.05) is 18.8 Å². The Bertz CT molecular complexity index is 513. The second-order valence-electron chi connectivity index (χ2n) is 5.62. The van der Waals surface area contributed by atoms with E-state index < -0.39 is 0 Å². The summed E-state index contributed by atoms with van der Waals surface area (Å²) in [7, 11) is 0. The molecule has 1 aliphatic rings. The van der Waals surface area contributed by atoms with Crippen molar-refractivity contribution in [3.05, 3.63) is 23.0 Å². The van der Waals surface area contributed by atoms with Gasteiger partial charge in [0.25, 0.3) is 0 Å². The van der Waals surface area contributed by atoms with Crippen LogP contribution in [0.3, 0.4) is 0 Å². The first-order valence-electron chi connectivity index (χ1n) is 7.27. The maximum atomic E-state index is 9.00. The molecule has 20 heavy (non-hydrogen) atoms. The molecule has 1 unspecified atom stereocenters. The van der Waals surface area contributed by atoms with E-state index in [-0.39, 0.29) is 5.84 Å². The van der Waals surface area contributed by atoms with Crippen LogP contribution < -0.4 is 10.6 Å². The van der Waals surface area contributed by atoms with Gasteiger partial charge in [-0.05, 0) is 38.7 Å². The molecule has 0 amide bonds. The van der Waals surface area contributed by atoms with E-state index in [4.69, 9.17) is 10.9 Å². The van der Waals surface area contributed by atoms with Crippen molar-refractivity contribution in [1.29, 1.82) is 0 Å². The Labute approximate surface area is 120 Å². The van der Waals surface area contributed by atoms with Gasteiger partial charge in [0.1, 0.15) is 0 Å². The van der Waals surface area contributed by atoms with Crippen LogP contribution in [0.1, 0.15) is 43.1 Å². The van der Waals surface area contributed by atoms with Crippen LogP contribution in [0, 0.1) is 19.8 Å². The Balaban J connectivity index is 2.36. The number of amidine groups is 1. The zero-order chi connectivity index (χ0) is 14.7. The molecule has 0 bridgehead atoms. The SMILES string of the molecule is CCCC1CCN(c2cc(C)nc(C)c2/C(N)=N/O)C1. The monoisotopic (exact) mass is 276 g/mol. The number of hydrogen-bond acceptors (Lipinski definition) is 4.